The van der Waals surface area contributed by atoms with Crippen LogP contribution in [0.1, 0.15) is 70.5 Å². The zero-order chi connectivity index (χ0) is 30.2. The summed E-state index contributed by atoms with van der Waals surface area (Å²) in [6, 6.07) is 9.47. The lowest BCUT2D eigenvalue weighted by Gasteiger charge is -2.38. The van der Waals surface area contributed by atoms with Gasteiger partial charge in [0, 0.05) is 55.8 Å². The minimum absolute atomic E-state index is 0.0802. The Labute approximate surface area is 253 Å². The highest BCUT2D eigenvalue weighted by Gasteiger charge is 2.43. The van der Waals surface area contributed by atoms with Gasteiger partial charge in [-0.3, -0.25) is 4.90 Å². The molecule has 7 nitrogen and oxygen atoms in total. The van der Waals surface area contributed by atoms with Gasteiger partial charge in [-0.25, -0.2) is 23.7 Å². The molecular formula is C32H44ClF2N7. The maximum atomic E-state index is 15.7. The van der Waals surface area contributed by atoms with E-state index in [-0.39, 0.29) is 11.6 Å². The van der Waals surface area contributed by atoms with Gasteiger partial charge in [0.2, 0.25) is 0 Å². The van der Waals surface area contributed by atoms with Crippen LogP contribution in [0.5, 0.6) is 0 Å². The maximum Gasteiger partial charge on any atom is 0.276 e. The number of aryl methyl sites for hydroxylation is 1. The quantitative estimate of drug-likeness (QED) is 0.283. The number of aromatic nitrogens is 3. The summed E-state index contributed by atoms with van der Waals surface area (Å²) >= 11 is 6.67. The molecule has 1 atom stereocenters. The van der Waals surface area contributed by atoms with E-state index in [0.29, 0.717) is 60.5 Å². The zero-order valence-corrected chi connectivity index (χ0v) is 26.4. The number of anilines is 2. The van der Waals surface area contributed by atoms with Crippen molar-refractivity contribution in [1.29, 1.82) is 0 Å². The molecule has 0 saturated carbocycles. The fraction of sp³-hybridized carbons (Fsp3) is 0.594. The first-order valence-corrected chi connectivity index (χ1v) is 15.6. The average Bonchev–Trinajstić information content (AvgIpc) is 2.97. The van der Waals surface area contributed by atoms with Crippen LogP contribution in [0.15, 0.2) is 30.3 Å². The smallest absolute Gasteiger partial charge is 0.276 e. The molecule has 2 aliphatic heterocycles. The third-order valence-electron chi connectivity index (χ3n) is 9.02. The van der Waals surface area contributed by atoms with E-state index in [4.69, 9.17) is 16.6 Å². The van der Waals surface area contributed by atoms with Gasteiger partial charge in [-0.1, -0.05) is 29.8 Å². The molecule has 2 saturated heterocycles. The highest BCUT2D eigenvalue weighted by Crippen LogP contribution is 2.42. The summed E-state index contributed by atoms with van der Waals surface area (Å²) < 4.78 is 31.5. The van der Waals surface area contributed by atoms with Crippen molar-refractivity contribution in [3.63, 3.8) is 0 Å². The van der Waals surface area contributed by atoms with E-state index in [1.807, 2.05) is 26.0 Å². The lowest BCUT2D eigenvalue weighted by atomic mass is 9.85. The van der Waals surface area contributed by atoms with Crippen LogP contribution in [-0.2, 0) is 5.92 Å². The molecule has 42 heavy (non-hydrogen) atoms. The molecule has 0 unspecified atom stereocenters. The standard InChI is InChI=1S/C32H44ClF2N7/c1-20(2)40-12-10-25(11-13-40)32(34,35)26-9-7-8-24(18-26)22(5)36-30-27-19-28(29(33)39-31(27)38-23(6)37-30)42-16-14-41(15-17-42)21(3)4/h7-9,18-22,25H,10-17H2,1-6H3,(H,36,37,38,39)/t22-/m1/s1. The fourth-order valence-electron chi connectivity index (χ4n) is 6.26. The zero-order valence-electron chi connectivity index (χ0n) is 25.7. The Morgan fingerprint density at radius 1 is 0.881 bits per heavy atom. The van der Waals surface area contributed by atoms with Gasteiger partial charge < -0.3 is 15.1 Å². The van der Waals surface area contributed by atoms with Crippen molar-refractivity contribution in [3.05, 3.63) is 52.4 Å². The summed E-state index contributed by atoms with van der Waals surface area (Å²) in [5.41, 5.74) is 2.24. The van der Waals surface area contributed by atoms with Gasteiger partial charge in [-0.05, 0) is 85.2 Å². The van der Waals surface area contributed by atoms with Crippen molar-refractivity contribution in [2.45, 2.75) is 78.4 Å². The first-order chi connectivity index (χ1) is 19.9. The van der Waals surface area contributed by atoms with E-state index < -0.39 is 11.8 Å². The second-order valence-corrected chi connectivity index (χ2v) is 12.8. The van der Waals surface area contributed by atoms with Crippen LogP contribution in [0.3, 0.4) is 0 Å². The molecule has 0 bridgehead atoms. The summed E-state index contributed by atoms with van der Waals surface area (Å²) in [7, 11) is 0. The molecule has 0 radical (unpaired) electrons. The Morgan fingerprint density at radius 2 is 1.52 bits per heavy atom. The first kappa shape index (κ1) is 30.8. The number of nitrogens with zero attached hydrogens (tertiary/aromatic N) is 6. The van der Waals surface area contributed by atoms with Gasteiger partial charge in [0.1, 0.15) is 11.6 Å². The summed E-state index contributed by atoms with van der Waals surface area (Å²) in [5, 5.41) is 4.66. The number of pyridine rings is 1. The number of likely N-dealkylation sites (tertiary alicyclic amines) is 1. The number of piperazine rings is 1. The Hall–Kier alpha value is -2.62. The van der Waals surface area contributed by atoms with E-state index in [0.717, 1.165) is 42.8 Å². The van der Waals surface area contributed by atoms with Crippen LogP contribution < -0.4 is 10.2 Å². The van der Waals surface area contributed by atoms with Crippen LogP contribution in [0.25, 0.3) is 11.0 Å². The number of nitrogens with one attached hydrogen (secondary N) is 1. The largest absolute Gasteiger partial charge is 0.366 e. The molecule has 0 amide bonds. The van der Waals surface area contributed by atoms with E-state index in [1.54, 1.807) is 18.2 Å². The van der Waals surface area contributed by atoms with Crippen LogP contribution >= 0.6 is 11.6 Å². The average molecular weight is 600 g/mol. The summed E-state index contributed by atoms with van der Waals surface area (Å²) in [6.07, 6.45) is 1.000. The van der Waals surface area contributed by atoms with Crippen molar-refractivity contribution in [2.24, 2.45) is 5.92 Å². The molecule has 2 aliphatic rings. The highest BCUT2D eigenvalue weighted by molar-refractivity contribution is 6.32. The minimum Gasteiger partial charge on any atom is -0.366 e. The third-order valence-corrected chi connectivity index (χ3v) is 9.29. The van der Waals surface area contributed by atoms with E-state index in [2.05, 4.69) is 57.7 Å². The third kappa shape index (κ3) is 6.48. The molecule has 2 aromatic heterocycles. The Bertz CT molecular complexity index is 1380. The number of benzene rings is 1. The lowest BCUT2D eigenvalue weighted by molar-refractivity contribution is -0.0876. The van der Waals surface area contributed by atoms with Crippen LogP contribution in [-0.4, -0.2) is 76.1 Å². The predicted octanol–water partition coefficient (Wildman–Crippen LogP) is 6.90. The number of hydrogen-bond donors (Lipinski definition) is 1. The van der Waals surface area contributed by atoms with Crippen molar-refractivity contribution in [3.8, 4) is 0 Å². The Morgan fingerprint density at radius 3 is 2.17 bits per heavy atom. The number of halogens is 3. The second kappa shape index (κ2) is 12.5. The normalized spacial score (nSPS) is 18.8. The van der Waals surface area contributed by atoms with Gasteiger partial charge in [0.15, 0.2) is 10.8 Å². The number of rotatable bonds is 8. The predicted molar refractivity (Wildman–Crippen MR) is 168 cm³/mol. The lowest BCUT2D eigenvalue weighted by Crippen LogP contribution is -2.49. The van der Waals surface area contributed by atoms with E-state index >= 15 is 8.78 Å². The van der Waals surface area contributed by atoms with E-state index in [1.165, 1.54) is 0 Å². The summed E-state index contributed by atoms with van der Waals surface area (Å²) in [6.45, 7) is 17.5. The Kier molecular flexibility index (Phi) is 9.21. The van der Waals surface area contributed by atoms with Crippen molar-refractivity contribution in [1.82, 2.24) is 24.8 Å². The molecule has 5 rings (SSSR count). The summed E-state index contributed by atoms with van der Waals surface area (Å²) in [4.78, 5) is 20.9. The molecule has 228 valence electrons. The molecule has 0 aliphatic carbocycles. The number of hydrogen-bond acceptors (Lipinski definition) is 7. The molecule has 2 fully saturated rings. The van der Waals surface area contributed by atoms with E-state index in [9.17, 15) is 0 Å². The van der Waals surface area contributed by atoms with Crippen LogP contribution in [0.4, 0.5) is 20.3 Å². The van der Waals surface area contributed by atoms with Gasteiger partial charge in [-0.2, -0.15) is 0 Å². The second-order valence-electron chi connectivity index (χ2n) is 12.4. The van der Waals surface area contributed by atoms with Crippen molar-refractivity contribution < 1.29 is 8.78 Å². The van der Waals surface area contributed by atoms with Crippen LogP contribution in [0.2, 0.25) is 5.15 Å². The van der Waals surface area contributed by atoms with Crippen molar-refractivity contribution >= 4 is 34.1 Å². The van der Waals surface area contributed by atoms with Gasteiger partial charge in [0.25, 0.3) is 5.92 Å². The van der Waals surface area contributed by atoms with Gasteiger partial charge in [-0.15, -0.1) is 0 Å². The topological polar surface area (TPSA) is 60.4 Å². The monoisotopic (exact) mass is 599 g/mol. The fourth-order valence-corrected chi connectivity index (χ4v) is 6.51. The number of alkyl halides is 2. The van der Waals surface area contributed by atoms with Gasteiger partial charge >= 0.3 is 0 Å². The first-order valence-electron chi connectivity index (χ1n) is 15.3. The maximum absolute atomic E-state index is 15.7. The minimum atomic E-state index is -2.88. The number of piperidine rings is 1. The molecule has 4 heterocycles. The molecule has 10 heteroatoms. The summed E-state index contributed by atoms with van der Waals surface area (Å²) in [5.74, 6) is -2.36. The molecule has 3 aromatic rings. The SMILES string of the molecule is Cc1nc(N[C@H](C)c2cccc(C(F)(F)C3CCN(C(C)C)CC3)c2)c2cc(N3CCN(C(C)C)CC3)c(Cl)nc2n1. The molecule has 1 N–H and O–H groups in total. The Balaban J connectivity index is 1.37. The van der Waals surface area contributed by atoms with Crippen LogP contribution in [0, 0.1) is 12.8 Å². The van der Waals surface area contributed by atoms with Gasteiger partial charge in [0.05, 0.1) is 11.1 Å². The molecule has 1 aromatic carbocycles. The molecule has 0 spiro atoms. The number of fused-ring (bicyclic) bond motifs is 1. The highest BCUT2D eigenvalue weighted by atomic mass is 35.5. The molecular weight excluding hydrogens is 556 g/mol. The van der Waals surface area contributed by atoms with Crippen molar-refractivity contribution in [2.75, 3.05) is 49.5 Å².